The van der Waals surface area contributed by atoms with Crippen molar-refractivity contribution in [2.75, 3.05) is 39.4 Å². The highest BCUT2D eigenvalue weighted by Gasteiger charge is 2.16. The van der Waals surface area contributed by atoms with E-state index in [0.29, 0.717) is 18.0 Å². The summed E-state index contributed by atoms with van der Waals surface area (Å²) in [4.78, 5) is 14.3. The van der Waals surface area contributed by atoms with Crippen LogP contribution >= 0.6 is 0 Å². The topological polar surface area (TPSA) is 84.9 Å². The predicted molar refractivity (Wildman–Crippen MR) is 109 cm³/mol. The van der Waals surface area contributed by atoms with Crippen LogP contribution in [0.15, 0.2) is 41.3 Å². The van der Waals surface area contributed by atoms with Gasteiger partial charge in [-0.3, -0.25) is 9.69 Å². The van der Waals surface area contributed by atoms with Crippen molar-refractivity contribution < 1.29 is 22.7 Å². The molecule has 2 rings (SSSR count). The highest BCUT2D eigenvalue weighted by atomic mass is 32.2. The third kappa shape index (κ3) is 5.46. The number of nitrogens with one attached hydrogen (secondary N) is 1. The van der Waals surface area contributed by atoms with Gasteiger partial charge < -0.3 is 14.8 Å². The molecule has 0 aromatic heterocycles. The lowest BCUT2D eigenvalue weighted by Crippen LogP contribution is -2.30. The Bertz CT molecular complexity index is 957. The van der Waals surface area contributed by atoms with E-state index in [0.717, 1.165) is 17.4 Å². The number of aryl methyl sites for hydroxylation is 1. The van der Waals surface area contributed by atoms with Gasteiger partial charge in [-0.15, -0.1) is 0 Å². The Labute approximate surface area is 166 Å². The third-order valence-corrected chi connectivity index (χ3v) is 5.41. The van der Waals surface area contributed by atoms with Crippen LogP contribution in [0, 0.1) is 6.92 Å². The van der Waals surface area contributed by atoms with Crippen molar-refractivity contribution in [3.63, 3.8) is 0 Å². The molecule has 28 heavy (non-hydrogen) atoms. The van der Waals surface area contributed by atoms with Crippen LogP contribution < -0.4 is 14.8 Å². The zero-order chi connectivity index (χ0) is 20.9. The van der Waals surface area contributed by atoms with Crippen LogP contribution in [-0.4, -0.2) is 53.3 Å². The number of ether oxygens (including phenoxy) is 2. The van der Waals surface area contributed by atoms with Gasteiger partial charge in [-0.1, -0.05) is 12.1 Å². The maximum Gasteiger partial charge on any atom is 0.238 e. The van der Waals surface area contributed by atoms with Crippen LogP contribution in [0.25, 0.3) is 0 Å². The highest BCUT2D eigenvalue weighted by molar-refractivity contribution is 7.90. The molecule has 0 spiro atoms. The Hall–Kier alpha value is -2.58. The maximum atomic E-state index is 12.4. The van der Waals surface area contributed by atoms with Crippen molar-refractivity contribution in [1.29, 1.82) is 0 Å². The Morgan fingerprint density at radius 3 is 2.32 bits per heavy atom. The summed E-state index contributed by atoms with van der Waals surface area (Å²) in [6, 6.07) is 10.1. The first-order valence-electron chi connectivity index (χ1n) is 8.64. The number of para-hydroxylation sites is 1. The van der Waals surface area contributed by atoms with E-state index in [9.17, 15) is 13.2 Å². The lowest BCUT2D eigenvalue weighted by atomic mass is 10.1. The van der Waals surface area contributed by atoms with E-state index in [4.69, 9.17) is 9.47 Å². The molecule has 2 aromatic carbocycles. The van der Waals surface area contributed by atoms with Gasteiger partial charge in [0.25, 0.3) is 0 Å². The van der Waals surface area contributed by atoms with Crippen LogP contribution in [0.4, 0.5) is 5.69 Å². The molecule has 8 heteroatoms. The van der Waals surface area contributed by atoms with E-state index in [1.54, 1.807) is 32.4 Å². The first kappa shape index (κ1) is 21.7. The molecule has 0 saturated heterocycles. The Balaban J connectivity index is 2.08. The fourth-order valence-electron chi connectivity index (χ4n) is 2.87. The van der Waals surface area contributed by atoms with Crippen molar-refractivity contribution in [2.45, 2.75) is 18.4 Å². The van der Waals surface area contributed by atoms with Gasteiger partial charge in [0.15, 0.2) is 21.3 Å². The second-order valence-electron chi connectivity index (χ2n) is 6.62. The molecule has 1 amide bonds. The average Bonchev–Trinajstić information content (AvgIpc) is 2.62. The number of rotatable bonds is 8. The largest absolute Gasteiger partial charge is 0.493 e. The standard InChI is InChI=1S/C20H26N2O5S/c1-14-10-17(26-3)18(27-4)11-15(14)12-22(2)13-20(23)21-16-8-6-7-9-19(16)28(5,24)25/h6-11H,12-13H2,1-5H3,(H,21,23). The number of benzene rings is 2. The van der Waals surface area contributed by atoms with Gasteiger partial charge in [0.1, 0.15) is 0 Å². The Morgan fingerprint density at radius 1 is 1.11 bits per heavy atom. The van der Waals surface area contributed by atoms with E-state index in [1.165, 1.54) is 6.07 Å². The molecule has 0 aliphatic rings. The minimum absolute atomic E-state index is 0.0988. The number of sulfone groups is 1. The van der Waals surface area contributed by atoms with E-state index < -0.39 is 9.84 Å². The molecule has 2 aromatic rings. The summed E-state index contributed by atoms with van der Waals surface area (Å²) in [5, 5.41) is 2.68. The fraction of sp³-hybridized carbons (Fsp3) is 0.350. The molecule has 0 radical (unpaired) electrons. The summed E-state index contributed by atoms with van der Waals surface area (Å²) in [7, 11) is 1.55. The molecule has 0 atom stereocenters. The predicted octanol–water partition coefficient (Wildman–Crippen LogP) is 2.49. The summed E-state index contributed by atoms with van der Waals surface area (Å²) in [5.41, 5.74) is 2.31. The van der Waals surface area contributed by atoms with Crippen LogP contribution in [0.5, 0.6) is 11.5 Å². The van der Waals surface area contributed by atoms with Crippen LogP contribution in [-0.2, 0) is 21.2 Å². The van der Waals surface area contributed by atoms with E-state index >= 15 is 0 Å². The SMILES string of the molecule is COc1cc(C)c(CN(C)CC(=O)Nc2ccccc2S(C)(=O)=O)cc1OC. The number of anilines is 1. The number of carbonyl (C=O) groups excluding carboxylic acids is 1. The molecule has 0 unspecified atom stereocenters. The number of methoxy groups -OCH3 is 2. The van der Waals surface area contributed by atoms with Gasteiger partial charge >= 0.3 is 0 Å². The smallest absolute Gasteiger partial charge is 0.238 e. The molecular weight excluding hydrogens is 380 g/mol. The molecule has 0 heterocycles. The highest BCUT2D eigenvalue weighted by Crippen LogP contribution is 2.30. The minimum Gasteiger partial charge on any atom is -0.493 e. The first-order valence-corrected chi connectivity index (χ1v) is 10.5. The van der Waals surface area contributed by atoms with Crippen molar-refractivity contribution in [3.05, 3.63) is 47.5 Å². The summed E-state index contributed by atoms with van der Waals surface area (Å²) in [5.74, 6) is 0.987. The van der Waals surface area contributed by atoms with Gasteiger partial charge in [-0.05, 0) is 49.4 Å². The normalized spacial score (nSPS) is 11.4. The number of hydrogen-bond acceptors (Lipinski definition) is 6. The molecule has 0 fully saturated rings. The number of nitrogens with zero attached hydrogens (tertiary/aromatic N) is 1. The number of carbonyl (C=O) groups is 1. The number of hydrogen-bond donors (Lipinski definition) is 1. The molecule has 0 bridgehead atoms. The molecule has 0 aliphatic carbocycles. The second-order valence-corrected chi connectivity index (χ2v) is 8.61. The lowest BCUT2D eigenvalue weighted by molar-refractivity contribution is -0.117. The molecule has 7 nitrogen and oxygen atoms in total. The lowest BCUT2D eigenvalue weighted by Gasteiger charge is -2.19. The van der Waals surface area contributed by atoms with E-state index in [-0.39, 0.29) is 23.0 Å². The summed E-state index contributed by atoms with van der Waals surface area (Å²) in [6.07, 6.45) is 1.12. The van der Waals surface area contributed by atoms with Crippen molar-refractivity contribution in [2.24, 2.45) is 0 Å². The summed E-state index contributed by atoms with van der Waals surface area (Å²) in [6.45, 7) is 2.59. The molecule has 152 valence electrons. The first-order chi connectivity index (χ1) is 13.2. The fourth-order valence-corrected chi connectivity index (χ4v) is 3.71. The van der Waals surface area contributed by atoms with Crippen LogP contribution in [0.2, 0.25) is 0 Å². The summed E-state index contributed by atoms with van der Waals surface area (Å²) >= 11 is 0. The molecule has 1 N–H and O–H groups in total. The zero-order valence-corrected chi connectivity index (χ0v) is 17.6. The monoisotopic (exact) mass is 406 g/mol. The van der Waals surface area contributed by atoms with Crippen molar-refractivity contribution >= 4 is 21.4 Å². The van der Waals surface area contributed by atoms with Crippen molar-refractivity contribution in [1.82, 2.24) is 4.90 Å². The van der Waals surface area contributed by atoms with Gasteiger partial charge in [0, 0.05) is 12.8 Å². The number of likely N-dealkylation sites (N-methyl/N-ethyl adjacent to an activating group) is 1. The zero-order valence-electron chi connectivity index (χ0n) is 16.8. The van der Waals surface area contributed by atoms with Crippen molar-refractivity contribution in [3.8, 4) is 11.5 Å². The van der Waals surface area contributed by atoms with Gasteiger partial charge in [-0.2, -0.15) is 0 Å². The van der Waals surface area contributed by atoms with Crippen LogP contribution in [0.3, 0.4) is 0 Å². The third-order valence-electron chi connectivity index (χ3n) is 4.26. The minimum atomic E-state index is -3.43. The Kier molecular flexibility index (Phi) is 7.04. The van der Waals surface area contributed by atoms with Gasteiger partial charge in [0.2, 0.25) is 5.91 Å². The average molecular weight is 407 g/mol. The van der Waals surface area contributed by atoms with Gasteiger partial charge in [0.05, 0.1) is 31.3 Å². The quantitative estimate of drug-likeness (QED) is 0.725. The Morgan fingerprint density at radius 2 is 1.71 bits per heavy atom. The summed E-state index contributed by atoms with van der Waals surface area (Å²) < 4.78 is 34.4. The van der Waals surface area contributed by atoms with Crippen LogP contribution in [0.1, 0.15) is 11.1 Å². The van der Waals surface area contributed by atoms with Gasteiger partial charge in [-0.25, -0.2) is 8.42 Å². The molecular formula is C20H26N2O5S. The number of amides is 1. The van der Waals surface area contributed by atoms with E-state index in [1.807, 2.05) is 31.0 Å². The van der Waals surface area contributed by atoms with E-state index in [2.05, 4.69) is 5.32 Å². The molecule has 0 saturated carbocycles. The second kappa shape index (κ2) is 9.07. The molecule has 0 aliphatic heterocycles. The maximum absolute atomic E-state index is 12.4.